The highest BCUT2D eigenvalue weighted by atomic mass is 35.5. The number of amides is 1. The van der Waals surface area contributed by atoms with E-state index in [2.05, 4.69) is 20.8 Å². The smallest absolute Gasteiger partial charge is 0.246 e. The van der Waals surface area contributed by atoms with Gasteiger partial charge >= 0.3 is 0 Å². The number of benzene rings is 2. The number of carbonyl (C=O) groups is 1. The summed E-state index contributed by atoms with van der Waals surface area (Å²) in [6.07, 6.45) is 1.38. The predicted octanol–water partition coefficient (Wildman–Crippen LogP) is 2.76. The van der Waals surface area contributed by atoms with Gasteiger partial charge in [0.15, 0.2) is 0 Å². The van der Waals surface area contributed by atoms with E-state index in [1.165, 1.54) is 11.0 Å². The number of aromatic nitrogens is 4. The number of rotatable bonds is 5. The lowest BCUT2D eigenvalue weighted by Crippen LogP contribution is -2.19. The third-order valence-corrected chi connectivity index (χ3v) is 3.21. The van der Waals surface area contributed by atoms with E-state index in [0.717, 1.165) is 0 Å². The maximum atomic E-state index is 11.8. The Kier molecular flexibility index (Phi) is 4.49. The van der Waals surface area contributed by atoms with Gasteiger partial charge in [-0.05, 0) is 46.8 Å². The fourth-order valence-corrected chi connectivity index (χ4v) is 2.04. The summed E-state index contributed by atoms with van der Waals surface area (Å²) in [5.41, 5.74) is 0.648. The van der Waals surface area contributed by atoms with Crippen molar-refractivity contribution in [2.75, 3.05) is 5.32 Å². The Morgan fingerprint density at radius 2 is 1.96 bits per heavy atom. The van der Waals surface area contributed by atoms with Crippen molar-refractivity contribution in [1.29, 1.82) is 0 Å². The van der Waals surface area contributed by atoms with E-state index in [1.54, 1.807) is 36.4 Å². The molecule has 0 saturated heterocycles. The lowest BCUT2D eigenvalue weighted by atomic mass is 10.3. The highest BCUT2D eigenvalue weighted by Gasteiger charge is 2.06. The SMILES string of the molecule is O=C(Cn1cnnn1)Nc1ccc(Oc2ccccc2Cl)cc1. The molecular weight excluding hydrogens is 318 g/mol. The van der Waals surface area contributed by atoms with Crippen LogP contribution in [0.5, 0.6) is 11.5 Å². The Labute approximate surface area is 136 Å². The summed E-state index contributed by atoms with van der Waals surface area (Å²) in [5, 5.41) is 13.8. The van der Waals surface area contributed by atoms with Gasteiger partial charge in [-0.15, -0.1) is 5.10 Å². The minimum Gasteiger partial charge on any atom is -0.456 e. The first-order valence-electron chi connectivity index (χ1n) is 6.74. The molecule has 0 unspecified atom stereocenters. The van der Waals surface area contributed by atoms with Gasteiger partial charge in [-0.3, -0.25) is 4.79 Å². The van der Waals surface area contributed by atoms with E-state index in [1.807, 2.05) is 12.1 Å². The van der Waals surface area contributed by atoms with Crippen molar-refractivity contribution in [1.82, 2.24) is 20.2 Å². The van der Waals surface area contributed by atoms with Crippen molar-refractivity contribution in [2.24, 2.45) is 0 Å². The first kappa shape index (κ1) is 15.0. The number of ether oxygens (including phenoxy) is 1. The molecule has 2 aromatic carbocycles. The summed E-state index contributed by atoms with van der Waals surface area (Å²) in [6, 6.07) is 14.2. The zero-order chi connectivity index (χ0) is 16.1. The zero-order valence-electron chi connectivity index (χ0n) is 11.9. The van der Waals surface area contributed by atoms with Crippen LogP contribution in [0.4, 0.5) is 5.69 Å². The standard InChI is InChI=1S/C15H12ClN5O2/c16-13-3-1-2-4-14(13)23-12-7-5-11(6-8-12)18-15(22)9-21-10-17-19-20-21/h1-8,10H,9H2,(H,18,22). The van der Waals surface area contributed by atoms with Crippen LogP contribution in [0.15, 0.2) is 54.9 Å². The Hall–Kier alpha value is -2.93. The quantitative estimate of drug-likeness (QED) is 0.778. The van der Waals surface area contributed by atoms with Crippen LogP contribution in [0, 0.1) is 0 Å². The molecule has 23 heavy (non-hydrogen) atoms. The van der Waals surface area contributed by atoms with Crippen LogP contribution in [0.2, 0.25) is 5.02 Å². The highest BCUT2D eigenvalue weighted by Crippen LogP contribution is 2.29. The number of anilines is 1. The molecule has 1 heterocycles. The number of carbonyl (C=O) groups excluding carboxylic acids is 1. The summed E-state index contributed by atoms with van der Waals surface area (Å²) < 4.78 is 7.02. The molecule has 0 aliphatic carbocycles. The van der Waals surface area contributed by atoms with Crippen molar-refractivity contribution in [3.8, 4) is 11.5 Å². The Morgan fingerprint density at radius 1 is 1.17 bits per heavy atom. The van der Waals surface area contributed by atoms with Crippen LogP contribution in [-0.2, 0) is 11.3 Å². The van der Waals surface area contributed by atoms with Gasteiger partial charge in [-0.25, -0.2) is 4.68 Å². The first-order valence-corrected chi connectivity index (χ1v) is 7.11. The lowest BCUT2D eigenvalue weighted by Gasteiger charge is -2.09. The second-order valence-corrected chi connectivity index (χ2v) is 5.02. The second kappa shape index (κ2) is 6.89. The molecule has 0 aliphatic heterocycles. The Balaban J connectivity index is 1.61. The van der Waals surface area contributed by atoms with E-state index in [-0.39, 0.29) is 12.5 Å². The fourth-order valence-electron chi connectivity index (χ4n) is 1.86. The minimum absolute atomic E-state index is 0.0465. The van der Waals surface area contributed by atoms with Gasteiger partial charge in [0, 0.05) is 5.69 Å². The van der Waals surface area contributed by atoms with E-state index in [0.29, 0.717) is 22.2 Å². The topological polar surface area (TPSA) is 81.9 Å². The summed E-state index contributed by atoms with van der Waals surface area (Å²) >= 11 is 6.04. The summed E-state index contributed by atoms with van der Waals surface area (Å²) in [7, 11) is 0. The van der Waals surface area contributed by atoms with Gasteiger partial charge in [0.1, 0.15) is 24.4 Å². The molecule has 8 heteroatoms. The summed E-state index contributed by atoms with van der Waals surface area (Å²) in [5.74, 6) is 0.971. The van der Waals surface area contributed by atoms with Gasteiger partial charge in [0.05, 0.1) is 5.02 Å². The van der Waals surface area contributed by atoms with Gasteiger partial charge in [0.2, 0.25) is 5.91 Å². The van der Waals surface area contributed by atoms with E-state index in [4.69, 9.17) is 16.3 Å². The minimum atomic E-state index is -0.225. The van der Waals surface area contributed by atoms with E-state index < -0.39 is 0 Å². The number of nitrogens with one attached hydrogen (secondary N) is 1. The molecule has 0 atom stereocenters. The molecule has 3 aromatic rings. The molecule has 1 amide bonds. The molecule has 116 valence electrons. The van der Waals surface area contributed by atoms with Gasteiger partial charge in [0.25, 0.3) is 0 Å². The van der Waals surface area contributed by atoms with Crippen LogP contribution in [0.3, 0.4) is 0 Å². The zero-order valence-corrected chi connectivity index (χ0v) is 12.6. The number of halogens is 1. The number of hydrogen-bond acceptors (Lipinski definition) is 5. The Morgan fingerprint density at radius 3 is 2.65 bits per heavy atom. The Bertz CT molecular complexity index is 790. The summed E-state index contributed by atoms with van der Waals surface area (Å²) in [6.45, 7) is 0.0465. The third kappa shape index (κ3) is 4.04. The van der Waals surface area contributed by atoms with Crippen molar-refractivity contribution in [3.05, 3.63) is 59.9 Å². The van der Waals surface area contributed by atoms with Crippen LogP contribution < -0.4 is 10.1 Å². The highest BCUT2D eigenvalue weighted by molar-refractivity contribution is 6.32. The number of nitrogens with zero attached hydrogens (tertiary/aromatic N) is 4. The average Bonchev–Trinajstić information content (AvgIpc) is 3.04. The molecule has 0 saturated carbocycles. The maximum Gasteiger partial charge on any atom is 0.246 e. The molecule has 1 aromatic heterocycles. The number of hydrogen-bond donors (Lipinski definition) is 1. The molecule has 0 bridgehead atoms. The van der Waals surface area contributed by atoms with Crippen LogP contribution >= 0.6 is 11.6 Å². The van der Waals surface area contributed by atoms with Crippen molar-refractivity contribution < 1.29 is 9.53 Å². The maximum absolute atomic E-state index is 11.8. The second-order valence-electron chi connectivity index (χ2n) is 4.61. The normalized spacial score (nSPS) is 10.3. The molecule has 0 aliphatic rings. The van der Waals surface area contributed by atoms with Crippen LogP contribution in [0.25, 0.3) is 0 Å². The number of para-hydroxylation sites is 1. The molecule has 1 N–H and O–H groups in total. The largest absolute Gasteiger partial charge is 0.456 e. The fraction of sp³-hybridized carbons (Fsp3) is 0.0667. The van der Waals surface area contributed by atoms with Gasteiger partial charge in [-0.2, -0.15) is 0 Å². The van der Waals surface area contributed by atoms with Crippen molar-refractivity contribution in [2.45, 2.75) is 6.54 Å². The van der Waals surface area contributed by atoms with Gasteiger partial charge in [-0.1, -0.05) is 23.7 Å². The summed E-state index contributed by atoms with van der Waals surface area (Å²) in [4.78, 5) is 11.8. The molecule has 7 nitrogen and oxygen atoms in total. The molecule has 0 radical (unpaired) electrons. The van der Waals surface area contributed by atoms with Crippen LogP contribution in [0.1, 0.15) is 0 Å². The molecule has 0 fully saturated rings. The molecule has 0 spiro atoms. The van der Waals surface area contributed by atoms with Crippen LogP contribution in [-0.4, -0.2) is 26.1 Å². The van der Waals surface area contributed by atoms with E-state index >= 15 is 0 Å². The predicted molar refractivity (Wildman–Crippen MR) is 84.4 cm³/mol. The molecular formula is C15H12ClN5O2. The van der Waals surface area contributed by atoms with Crippen molar-refractivity contribution in [3.63, 3.8) is 0 Å². The number of tetrazole rings is 1. The first-order chi connectivity index (χ1) is 11.2. The van der Waals surface area contributed by atoms with Gasteiger partial charge < -0.3 is 10.1 Å². The average molecular weight is 330 g/mol. The lowest BCUT2D eigenvalue weighted by molar-refractivity contribution is -0.116. The monoisotopic (exact) mass is 329 g/mol. The van der Waals surface area contributed by atoms with E-state index in [9.17, 15) is 4.79 Å². The van der Waals surface area contributed by atoms with Crippen molar-refractivity contribution >= 4 is 23.2 Å². The molecule has 3 rings (SSSR count). The third-order valence-electron chi connectivity index (χ3n) is 2.90.